The lowest BCUT2D eigenvalue weighted by Gasteiger charge is -2.09. The summed E-state index contributed by atoms with van der Waals surface area (Å²) in [7, 11) is 0. The van der Waals surface area contributed by atoms with Gasteiger partial charge in [-0.15, -0.1) is 15.0 Å². The van der Waals surface area contributed by atoms with Gasteiger partial charge in [-0.25, -0.2) is 0 Å². The van der Waals surface area contributed by atoms with E-state index < -0.39 is 0 Å². The number of hydrogen-bond acceptors (Lipinski definition) is 3. The van der Waals surface area contributed by atoms with E-state index in [1.807, 2.05) is 72.8 Å². The molecule has 0 fully saturated rings. The minimum Gasteiger partial charge on any atom is -0.322 e. The number of nitrogens with one attached hydrogen (secondary N) is 1. The Hall–Kier alpha value is -4.22. The average molecular weight is 449 g/mol. The van der Waals surface area contributed by atoms with Gasteiger partial charge in [-0.1, -0.05) is 72.3 Å². The highest BCUT2D eigenvalue weighted by Gasteiger charge is 2.13. The van der Waals surface area contributed by atoms with Gasteiger partial charge < -0.3 is 5.32 Å². The molecule has 0 atom stereocenters. The molecule has 0 aliphatic rings. The molecule has 6 rings (SSSR count). The highest BCUT2D eigenvalue weighted by Crippen LogP contribution is 2.27. The SMILES string of the molecule is O=C(Nc1ccc2nn(-c3cccc4ccccc34)nc2c1)c1cccc2c(Cl)cccc12. The van der Waals surface area contributed by atoms with E-state index in [4.69, 9.17) is 11.6 Å². The Labute approximate surface area is 194 Å². The van der Waals surface area contributed by atoms with Crippen LogP contribution in [0.3, 0.4) is 0 Å². The summed E-state index contributed by atoms with van der Waals surface area (Å²) in [5, 5.41) is 16.8. The Balaban J connectivity index is 1.36. The van der Waals surface area contributed by atoms with Gasteiger partial charge in [0.15, 0.2) is 0 Å². The quantitative estimate of drug-likeness (QED) is 0.330. The number of fused-ring (bicyclic) bond motifs is 3. The van der Waals surface area contributed by atoms with Crippen molar-refractivity contribution in [2.24, 2.45) is 0 Å². The lowest BCUT2D eigenvalue weighted by atomic mass is 10.0. The molecule has 1 amide bonds. The summed E-state index contributed by atoms with van der Waals surface area (Å²) < 4.78 is 0. The van der Waals surface area contributed by atoms with Crippen molar-refractivity contribution in [2.45, 2.75) is 0 Å². The maximum absolute atomic E-state index is 13.1. The van der Waals surface area contributed by atoms with Crippen LogP contribution in [0.5, 0.6) is 0 Å². The highest BCUT2D eigenvalue weighted by molar-refractivity contribution is 6.36. The fourth-order valence-corrected chi connectivity index (χ4v) is 4.39. The highest BCUT2D eigenvalue weighted by atomic mass is 35.5. The monoisotopic (exact) mass is 448 g/mol. The molecule has 6 aromatic rings. The third-order valence-electron chi connectivity index (χ3n) is 5.73. The number of nitrogens with zero attached hydrogens (tertiary/aromatic N) is 3. The zero-order valence-corrected chi connectivity index (χ0v) is 18.1. The van der Waals surface area contributed by atoms with Gasteiger partial charge in [0.1, 0.15) is 11.0 Å². The summed E-state index contributed by atoms with van der Waals surface area (Å²) in [5.41, 5.74) is 3.56. The molecule has 1 heterocycles. The summed E-state index contributed by atoms with van der Waals surface area (Å²) in [5.74, 6) is -0.205. The van der Waals surface area contributed by atoms with Gasteiger partial charge in [0.05, 0.1) is 5.69 Å². The minimum absolute atomic E-state index is 0.205. The first-order valence-corrected chi connectivity index (χ1v) is 10.9. The maximum Gasteiger partial charge on any atom is 0.256 e. The second-order valence-electron chi connectivity index (χ2n) is 7.79. The zero-order valence-electron chi connectivity index (χ0n) is 17.4. The smallest absolute Gasteiger partial charge is 0.256 e. The molecule has 0 unspecified atom stereocenters. The predicted molar refractivity (Wildman–Crippen MR) is 133 cm³/mol. The van der Waals surface area contributed by atoms with Crippen LogP contribution in [0.2, 0.25) is 5.02 Å². The van der Waals surface area contributed by atoms with Gasteiger partial charge >= 0.3 is 0 Å². The fraction of sp³-hybridized carbons (Fsp3) is 0. The largest absolute Gasteiger partial charge is 0.322 e. The number of anilines is 1. The summed E-state index contributed by atoms with van der Waals surface area (Å²) in [6.07, 6.45) is 0. The van der Waals surface area contributed by atoms with E-state index in [1.165, 1.54) is 0 Å². The summed E-state index contributed by atoms with van der Waals surface area (Å²) in [4.78, 5) is 14.7. The molecule has 158 valence electrons. The molecule has 33 heavy (non-hydrogen) atoms. The molecule has 0 saturated carbocycles. The second-order valence-corrected chi connectivity index (χ2v) is 8.19. The molecule has 1 aromatic heterocycles. The van der Waals surface area contributed by atoms with Crippen LogP contribution in [-0.2, 0) is 0 Å². The van der Waals surface area contributed by atoms with Crippen molar-refractivity contribution in [3.8, 4) is 5.69 Å². The molecule has 0 spiro atoms. The van der Waals surface area contributed by atoms with E-state index in [0.29, 0.717) is 21.8 Å². The summed E-state index contributed by atoms with van der Waals surface area (Å²) in [6, 6.07) is 30.8. The van der Waals surface area contributed by atoms with E-state index in [0.717, 1.165) is 32.7 Å². The van der Waals surface area contributed by atoms with Crippen molar-refractivity contribution >= 4 is 55.8 Å². The average Bonchev–Trinajstić information content (AvgIpc) is 3.27. The van der Waals surface area contributed by atoms with Gasteiger partial charge in [-0.2, -0.15) is 0 Å². The Bertz CT molecular complexity index is 1680. The number of hydrogen-bond donors (Lipinski definition) is 1. The van der Waals surface area contributed by atoms with Crippen LogP contribution in [0.25, 0.3) is 38.3 Å². The first kappa shape index (κ1) is 19.5. The molecule has 0 radical (unpaired) electrons. The molecule has 6 heteroatoms. The van der Waals surface area contributed by atoms with Gasteiger partial charge in [-0.3, -0.25) is 4.79 Å². The van der Waals surface area contributed by atoms with Crippen LogP contribution < -0.4 is 5.32 Å². The summed E-state index contributed by atoms with van der Waals surface area (Å²) >= 11 is 6.30. The van der Waals surface area contributed by atoms with E-state index in [9.17, 15) is 4.79 Å². The molecule has 0 bridgehead atoms. The number of carbonyl (C=O) groups excluding carboxylic acids is 1. The van der Waals surface area contributed by atoms with E-state index in [2.05, 4.69) is 33.7 Å². The topological polar surface area (TPSA) is 59.8 Å². The molecule has 5 aromatic carbocycles. The van der Waals surface area contributed by atoms with Crippen LogP contribution in [0.15, 0.2) is 97.1 Å². The zero-order chi connectivity index (χ0) is 22.4. The molecular formula is C27H17ClN4O. The minimum atomic E-state index is -0.205. The lowest BCUT2D eigenvalue weighted by Crippen LogP contribution is -2.12. The van der Waals surface area contributed by atoms with Gasteiger partial charge in [0.25, 0.3) is 5.91 Å². The van der Waals surface area contributed by atoms with Crippen molar-refractivity contribution in [3.05, 3.63) is 108 Å². The summed E-state index contributed by atoms with van der Waals surface area (Å²) in [6.45, 7) is 0. The van der Waals surface area contributed by atoms with E-state index in [1.54, 1.807) is 10.9 Å². The first-order valence-electron chi connectivity index (χ1n) is 10.5. The Kier molecular flexibility index (Phi) is 4.56. The fourth-order valence-electron chi connectivity index (χ4n) is 4.15. The standard InChI is InChI=1S/C27H17ClN4O/c28-23-12-5-9-20-21(23)10-4-11-22(20)27(33)29-18-14-15-24-25(16-18)31-32(30-24)26-13-3-7-17-6-1-2-8-19(17)26/h1-16H,(H,29,33). The van der Waals surface area contributed by atoms with Crippen LogP contribution in [0, 0.1) is 0 Å². The third kappa shape index (κ3) is 3.39. The van der Waals surface area contributed by atoms with Crippen molar-refractivity contribution in [1.82, 2.24) is 15.0 Å². The van der Waals surface area contributed by atoms with Crippen molar-refractivity contribution in [1.29, 1.82) is 0 Å². The third-order valence-corrected chi connectivity index (χ3v) is 6.06. The number of halogens is 1. The second kappa shape index (κ2) is 7.73. The van der Waals surface area contributed by atoms with Gasteiger partial charge in [0, 0.05) is 27.0 Å². The van der Waals surface area contributed by atoms with Crippen molar-refractivity contribution in [2.75, 3.05) is 5.32 Å². The lowest BCUT2D eigenvalue weighted by molar-refractivity contribution is 0.102. The first-order chi connectivity index (χ1) is 16.2. The van der Waals surface area contributed by atoms with Gasteiger partial charge in [-0.05, 0) is 47.2 Å². The number of carbonyl (C=O) groups is 1. The molecule has 5 nitrogen and oxygen atoms in total. The Morgan fingerprint density at radius 2 is 1.45 bits per heavy atom. The van der Waals surface area contributed by atoms with Crippen LogP contribution in [0.1, 0.15) is 10.4 Å². The number of aromatic nitrogens is 3. The van der Waals surface area contributed by atoms with Crippen LogP contribution in [0.4, 0.5) is 5.69 Å². The Morgan fingerprint density at radius 1 is 0.727 bits per heavy atom. The predicted octanol–water partition coefficient (Wildman–Crippen LogP) is 6.63. The molecule has 0 saturated heterocycles. The maximum atomic E-state index is 13.1. The normalized spacial score (nSPS) is 11.3. The number of amides is 1. The van der Waals surface area contributed by atoms with E-state index >= 15 is 0 Å². The van der Waals surface area contributed by atoms with Crippen LogP contribution >= 0.6 is 11.6 Å². The molecule has 0 aliphatic heterocycles. The van der Waals surface area contributed by atoms with E-state index in [-0.39, 0.29) is 5.91 Å². The van der Waals surface area contributed by atoms with Crippen molar-refractivity contribution < 1.29 is 4.79 Å². The molecule has 1 N–H and O–H groups in total. The molecule has 0 aliphatic carbocycles. The Morgan fingerprint density at radius 3 is 2.39 bits per heavy atom. The number of rotatable bonds is 3. The van der Waals surface area contributed by atoms with Gasteiger partial charge in [0.2, 0.25) is 0 Å². The van der Waals surface area contributed by atoms with Crippen molar-refractivity contribution in [3.63, 3.8) is 0 Å². The molecular weight excluding hydrogens is 432 g/mol. The number of benzene rings is 5. The van der Waals surface area contributed by atoms with Crippen LogP contribution in [-0.4, -0.2) is 20.9 Å².